The fourth-order valence-corrected chi connectivity index (χ4v) is 3.51. The highest BCUT2D eigenvalue weighted by Gasteiger charge is 2.19. The van der Waals surface area contributed by atoms with Crippen molar-refractivity contribution in [3.63, 3.8) is 0 Å². The smallest absolute Gasteiger partial charge is 0.131 e. The van der Waals surface area contributed by atoms with E-state index in [1.165, 1.54) is 23.5 Å². The first-order valence-corrected chi connectivity index (χ1v) is 6.52. The molecule has 0 aliphatic rings. The first-order valence-electron chi connectivity index (χ1n) is 4.41. The van der Waals surface area contributed by atoms with Crippen LogP contribution >= 0.6 is 38.9 Å². The van der Waals surface area contributed by atoms with E-state index in [4.69, 9.17) is 11.6 Å². The highest BCUT2D eigenvalue weighted by Crippen LogP contribution is 2.38. The lowest BCUT2D eigenvalue weighted by atomic mass is 10.1. The van der Waals surface area contributed by atoms with Gasteiger partial charge in [0.2, 0.25) is 0 Å². The van der Waals surface area contributed by atoms with Crippen LogP contribution in [-0.2, 0) is 0 Å². The molecule has 0 nitrogen and oxygen atoms in total. The molecule has 0 aliphatic heterocycles. The van der Waals surface area contributed by atoms with Crippen LogP contribution in [0.25, 0.3) is 0 Å². The fourth-order valence-electron chi connectivity index (χ4n) is 1.33. The van der Waals surface area contributed by atoms with Crippen LogP contribution in [0.1, 0.15) is 15.8 Å². The van der Waals surface area contributed by atoms with Crippen molar-refractivity contribution in [3.05, 3.63) is 56.2 Å². The topological polar surface area (TPSA) is 0 Å². The summed E-state index contributed by atoms with van der Waals surface area (Å²) in [4.78, 5) is 0.812. The molecule has 0 fully saturated rings. The second-order valence-corrected chi connectivity index (χ2v) is 5.40. The Balaban J connectivity index is 2.41. The quantitative estimate of drug-likeness (QED) is 0.673. The van der Waals surface area contributed by atoms with Gasteiger partial charge in [0.1, 0.15) is 11.6 Å². The average molecular weight is 324 g/mol. The number of alkyl halides is 1. The Morgan fingerprint density at radius 1 is 1.25 bits per heavy atom. The predicted molar refractivity (Wildman–Crippen MR) is 66.1 cm³/mol. The van der Waals surface area contributed by atoms with Crippen molar-refractivity contribution in [2.45, 2.75) is 5.38 Å². The van der Waals surface area contributed by atoms with Crippen molar-refractivity contribution in [1.29, 1.82) is 0 Å². The molecule has 2 rings (SSSR count). The van der Waals surface area contributed by atoms with Crippen LogP contribution in [-0.4, -0.2) is 0 Å². The van der Waals surface area contributed by atoms with Gasteiger partial charge in [-0.15, -0.1) is 22.9 Å². The second-order valence-electron chi connectivity index (χ2n) is 3.16. The minimum absolute atomic E-state index is 0.284. The summed E-state index contributed by atoms with van der Waals surface area (Å²) in [6.45, 7) is 0. The molecule has 5 heteroatoms. The van der Waals surface area contributed by atoms with Gasteiger partial charge in [-0.05, 0) is 33.4 Å². The Bertz CT molecular complexity index is 512. The summed E-state index contributed by atoms with van der Waals surface area (Å²) in [5, 5.41) is 1.26. The minimum Gasteiger partial charge on any atom is -0.207 e. The lowest BCUT2D eigenvalue weighted by molar-refractivity contribution is 0.574. The van der Waals surface area contributed by atoms with Gasteiger partial charge in [-0.25, -0.2) is 8.78 Å². The van der Waals surface area contributed by atoms with E-state index in [-0.39, 0.29) is 5.56 Å². The van der Waals surface area contributed by atoms with E-state index in [0.29, 0.717) is 0 Å². The predicted octanol–water partition coefficient (Wildman–Crippen LogP) is 5.12. The van der Waals surface area contributed by atoms with Gasteiger partial charge < -0.3 is 0 Å². The Hall–Kier alpha value is -0.450. The summed E-state index contributed by atoms with van der Waals surface area (Å²) in [6.07, 6.45) is 0. The lowest BCUT2D eigenvalue weighted by Gasteiger charge is -2.09. The summed E-state index contributed by atoms with van der Waals surface area (Å²) in [7, 11) is 0. The molecule has 1 aromatic heterocycles. The van der Waals surface area contributed by atoms with Crippen molar-refractivity contribution in [2.75, 3.05) is 0 Å². The monoisotopic (exact) mass is 322 g/mol. The summed E-state index contributed by atoms with van der Waals surface area (Å²) in [6, 6.07) is 5.26. The summed E-state index contributed by atoms with van der Waals surface area (Å²) < 4.78 is 27.1. The van der Waals surface area contributed by atoms with Crippen LogP contribution in [0.15, 0.2) is 34.1 Å². The molecule has 16 heavy (non-hydrogen) atoms. The Morgan fingerprint density at radius 3 is 2.56 bits per heavy atom. The van der Waals surface area contributed by atoms with Gasteiger partial charge in [-0.3, -0.25) is 0 Å². The molecular weight excluding hydrogens is 318 g/mol. The SMILES string of the molecule is Fc1ccc(C(Cl)c2sccc2Br)c(F)c1. The molecule has 0 saturated heterocycles. The highest BCUT2D eigenvalue weighted by molar-refractivity contribution is 9.10. The maximum absolute atomic E-state index is 13.5. The first-order chi connectivity index (χ1) is 7.59. The third-order valence-electron chi connectivity index (χ3n) is 2.11. The molecule has 0 amide bonds. The minimum atomic E-state index is -0.625. The maximum Gasteiger partial charge on any atom is 0.131 e. The molecule has 1 aromatic carbocycles. The molecule has 0 saturated carbocycles. The summed E-state index contributed by atoms with van der Waals surface area (Å²) in [5.41, 5.74) is 0.284. The summed E-state index contributed by atoms with van der Waals surface area (Å²) in [5.74, 6) is -1.23. The number of rotatable bonds is 2. The molecule has 1 heterocycles. The van der Waals surface area contributed by atoms with Gasteiger partial charge in [0.15, 0.2) is 0 Å². The number of halogens is 4. The normalized spacial score (nSPS) is 12.8. The van der Waals surface area contributed by atoms with E-state index in [0.717, 1.165) is 15.4 Å². The largest absolute Gasteiger partial charge is 0.207 e. The molecule has 1 unspecified atom stereocenters. The number of thiophene rings is 1. The van der Waals surface area contributed by atoms with E-state index in [1.807, 2.05) is 11.4 Å². The molecule has 0 spiro atoms. The molecule has 0 N–H and O–H groups in total. The standard InChI is InChI=1S/C11H6BrClF2S/c12-8-3-4-16-11(8)10(13)7-2-1-6(14)5-9(7)15/h1-5,10H. The molecule has 1 atom stereocenters. The first kappa shape index (κ1) is 12.0. The maximum atomic E-state index is 13.5. The van der Waals surface area contributed by atoms with Crippen LogP contribution in [0, 0.1) is 11.6 Å². The van der Waals surface area contributed by atoms with Crippen LogP contribution < -0.4 is 0 Å². The fraction of sp³-hybridized carbons (Fsp3) is 0.0909. The van der Waals surface area contributed by atoms with Crippen molar-refractivity contribution in [2.24, 2.45) is 0 Å². The van der Waals surface area contributed by atoms with Gasteiger partial charge in [0.25, 0.3) is 0 Å². The van der Waals surface area contributed by atoms with E-state index in [2.05, 4.69) is 15.9 Å². The molecule has 0 radical (unpaired) electrons. The van der Waals surface area contributed by atoms with Crippen molar-refractivity contribution in [1.82, 2.24) is 0 Å². The number of hydrogen-bond acceptors (Lipinski definition) is 1. The molecule has 84 valence electrons. The zero-order valence-electron chi connectivity index (χ0n) is 7.88. The van der Waals surface area contributed by atoms with E-state index < -0.39 is 17.0 Å². The summed E-state index contributed by atoms with van der Waals surface area (Å²) >= 11 is 10.9. The number of hydrogen-bond donors (Lipinski definition) is 0. The zero-order valence-corrected chi connectivity index (χ0v) is 11.0. The van der Waals surface area contributed by atoms with Gasteiger partial charge >= 0.3 is 0 Å². The van der Waals surface area contributed by atoms with Crippen LogP contribution in [0.2, 0.25) is 0 Å². The van der Waals surface area contributed by atoms with E-state index in [9.17, 15) is 8.78 Å². The molecule has 0 bridgehead atoms. The van der Waals surface area contributed by atoms with Crippen LogP contribution in [0.4, 0.5) is 8.78 Å². The van der Waals surface area contributed by atoms with Gasteiger partial charge in [0.05, 0.1) is 5.38 Å². The van der Waals surface area contributed by atoms with Crippen LogP contribution in [0.5, 0.6) is 0 Å². The van der Waals surface area contributed by atoms with E-state index >= 15 is 0 Å². The Labute approximate surface area is 109 Å². The third kappa shape index (κ3) is 2.29. The Kier molecular flexibility index (Phi) is 3.62. The average Bonchev–Trinajstić information content (AvgIpc) is 2.63. The molecule has 0 aliphatic carbocycles. The van der Waals surface area contributed by atoms with Gasteiger partial charge in [0, 0.05) is 21.0 Å². The van der Waals surface area contributed by atoms with Crippen molar-refractivity contribution < 1.29 is 8.78 Å². The second kappa shape index (κ2) is 4.82. The number of benzene rings is 1. The molecular formula is C11H6BrClF2S. The Morgan fingerprint density at radius 2 is 2.00 bits per heavy atom. The van der Waals surface area contributed by atoms with Gasteiger partial charge in [-0.1, -0.05) is 6.07 Å². The van der Waals surface area contributed by atoms with Crippen LogP contribution in [0.3, 0.4) is 0 Å². The van der Waals surface area contributed by atoms with Gasteiger partial charge in [-0.2, -0.15) is 0 Å². The van der Waals surface area contributed by atoms with Crippen molar-refractivity contribution >= 4 is 38.9 Å². The lowest BCUT2D eigenvalue weighted by Crippen LogP contribution is -1.96. The third-order valence-corrected chi connectivity index (χ3v) is 4.63. The molecule has 2 aromatic rings. The van der Waals surface area contributed by atoms with E-state index in [1.54, 1.807) is 0 Å². The highest BCUT2D eigenvalue weighted by atomic mass is 79.9. The van der Waals surface area contributed by atoms with Crippen molar-refractivity contribution in [3.8, 4) is 0 Å². The zero-order chi connectivity index (χ0) is 11.7.